The van der Waals surface area contributed by atoms with Gasteiger partial charge in [-0.3, -0.25) is 14.7 Å². The van der Waals surface area contributed by atoms with Gasteiger partial charge < -0.3 is 25.0 Å². The molecular formula is C22H38IN5O3. The molecule has 1 aliphatic heterocycles. The standard InChI is InChI=1S/C22H37N5O3.HI/c1-5-23-22(24-10-7-15-30-20-9-6-8-19(16-20)29-4)27-13-11-26(12-14-27)17-21(28)25-18(2)3;/h6,8-9,16,18H,5,7,10-15,17H2,1-4H3,(H,23,24)(H,25,28);1H. The van der Waals surface area contributed by atoms with Crippen molar-refractivity contribution in [3.8, 4) is 11.5 Å². The van der Waals surface area contributed by atoms with Crippen LogP contribution in [0.25, 0.3) is 0 Å². The molecule has 1 heterocycles. The predicted octanol–water partition coefficient (Wildman–Crippen LogP) is 2.19. The molecule has 1 aliphatic rings. The third kappa shape index (κ3) is 10.4. The maximum absolute atomic E-state index is 12.0. The minimum atomic E-state index is 0. The van der Waals surface area contributed by atoms with Gasteiger partial charge >= 0.3 is 0 Å². The summed E-state index contributed by atoms with van der Waals surface area (Å²) in [5, 5.41) is 6.33. The van der Waals surface area contributed by atoms with Gasteiger partial charge in [-0.15, -0.1) is 24.0 Å². The second-order valence-corrected chi connectivity index (χ2v) is 7.60. The van der Waals surface area contributed by atoms with E-state index in [2.05, 4.69) is 27.4 Å². The zero-order chi connectivity index (χ0) is 21.8. The highest BCUT2D eigenvalue weighted by Gasteiger charge is 2.21. The number of hydrogen-bond donors (Lipinski definition) is 2. The van der Waals surface area contributed by atoms with E-state index in [1.807, 2.05) is 38.1 Å². The van der Waals surface area contributed by atoms with Crippen LogP contribution in [0.5, 0.6) is 11.5 Å². The van der Waals surface area contributed by atoms with Crippen molar-refractivity contribution in [1.82, 2.24) is 20.4 Å². The second kappa shape index (κ2) is 15.1. The summed E-state index contributed by atoms with van der Waals surface area (Å²) >= 11 is 0. The Morgan fingerprint density at radius 2 is 1.90 bits per heavy atom. The lowest BCUT2D eigenvalue weighted by molar-refractivity contribution is -0.123. The zero-order valence-electron chi connectivity index (χ0n) is 19.2. The van der Waals surface area contributed by atoms with Gasteiger partial charge in [0.2, 0.25) is 5.91 Å². The summed E-state index contributed by atoms with van der Waals surface area (Å²) in [7, 11) is 1.65. The van der Waals surface area contributed by atoms with E-state index < -0.39 is 0 Å². The Bertz CT molecular complexity index is 679. The molecule has 0 saturated carbocycles. The number of nitrogens with zero attached hydrogens (tertiary/aromatic N) is 3. The van der Waals surface area contributed by atoms with Gasteiger partial charge in [0.1, 0.15) is 11.5 Å². The van der Waals surface area contributed by atoms with Crippen LogP contribution in [0.2, 0.25) is 0 Å². The van der Waals surface area contributed by atoms with Crippen LogP contribution in [-0.4, -0.2) is 87.2 Å². The summed E-state index contributed by atoms with van der Waals surface area (Å²) in [4.78, 5) is 21.2. The third-order valence-corrected chi connectivity index (χ3v) is 4.70. The van der Waals surface area contributed by atoms with Gasteiger partial charge in [-0.05, 0) is 32.9 Å². The number of amides is 1. The van der Waals surface area contributed by atoms with Crippen LogP contribution < -0.4 is 20.1 Å². The van der Waals surface area contributed by atoms with E-state index in [1.54, 1.807) is 7.11 Å². The third-order valence-electron chi connectivity index (χ3n) is 4.70. The molecule has 1 saturated heterocycles. The molecular weight excluding hydrogens is 509 g/mol. The summed E-state index contributed by atoms with van der Waals surface area (Å²) in [6, 6.07) is 7.81. The van der Waals surface area contributed by atoms with Crippen molar-refractivity contribution >= 4 is 35.8 Å². The van der Waals surface area contributed by atoms with Gasteiger partial charge in [0.25, 0.3) is 0 Å². The van der Waals surface area contributed by atoms with Crippen molar-refractivity contribution in [1.29, 1.82) is 0 Å². The number of carbonyl (C=O) groups excluding carboxylic acids is 1. The number of guanidine groups is 1. The lowest BCUT2D eigenvalue weighted by Gasteiger charge is -2.36. The number of rotatable bonds is 10. The molecule has 2 N–H and O–H groups in total. The number of benzene rings is 1. The SMILES string of the molecule is CCNC(=NCCCOc1cccc(OC)c1)N1CCN(CC(=O)NC(C)C)CC1.I. The van der Waals surface area contributed by atoms with Crippen LogP contribution in [0.3, 0.4) is 0 Å². The van der Waals surface area contributed by atoms with E-state index in [1.165, 1.54) is 0 Å². The molecule has 1 amide bonds. The number of halogens is 1. The normalized spacial score (nSPS) is 14.7. The molecule has 176 valence electrons. The topological polar surface area (TPSA) is 78.4 Å². The fraction of sp³-hybridized carbons (Fsp3) is 0.636. The fourth-order valence-corrected chi connectivity index (χ4v) is 3.24. The number of methoxy groups -OCH3 is 1. The molecule has 31 heavy (non-hydrogen) atoms. The average Bonchev–Trinajstić information content (AvgIpc) is 2.73. The Morgan fingerprint density at radius 3 is 2.55 bits per heavy atom. The smallest absolute Gasteiger partial charge is 0.234 e. The number of ether oxygens (including phenoxy) is 2. The Balaban J connectivity index is 0.00000480. The molecule has 1 fully saturated rings. The van der Waals surface area contributed by atoms with Crippen molar-refractivity contribution in [3.63, 3.8) is 0 Å². The van der Waals surface area contributed by atoms with Crippen molar-refractivity contribution in [2.45, 2.75) is 33.2 Å². The Labute approximate surface area is 203 Å². The fourth-order valence-electron chi connectivity index (χ4n) is 3.24. The first-order valence-electron chi connectivity index (χ1n) is 10.8. The largest absolute Gasteiger partial charge is 0.497 e. The van der Waals surface area contributed by atoms with Crippen LogP contribution in [0.15, 0.2) is 29.3 Å². The number of carbonyl (C=O) groups is 1. The molecule has 2 rings (SSSR count). The summed E-state index contributed by atoms with van der Waals surface area (Å²) in [5.41, 5.74) is 0. The molecule has 0 atom stereocenters. The molecule has 1 aromatic rings. The Kier molecular flexibility index (Phi) is 13.3. The quantitative estimate of drug-likeness (QED) is 0.203. The maximum atomic E-state index is 12.0. The van der Waals surface area contributed by atoms with Gasteiger partial charge in [0.15, 0.2) is 5.96 Å². The Hall–Kier alpha value is -1.75. The molecule has 9 heteroatoms. The van der Waals surface area contributed by atoms with Crippen molar-refractivity contribution in [3.05, 3.63) is 24.3 Å². The van der Waals surface area contributed by atoms with Gasteiger partial charge in [-0.25, -0.2) is 0 Å². The lowest BCUT2D eigenvalue weighted by Crippen LogP contribution is -2.54. The molecule has 0 unspecified atom stereocenters. The van der Waals surface area contributed by atoms with Gasteiger partial charge in [0.05, 0.1) is 20.3 Å². The highest BCUT2D eigenvalue weighted by Crippen LogP contribution is 2.18. The number of nitrogens with one attached hydrogen (secondary N) is 2. The van der Waals surface area contributed by atoms with E-state index in [9.17, 15) is 4.79 Å². The molecule has 0 spiro atoms. The van der Waals surface area contributed by atoms with Crippen LogP contribution >= 0.6 is 24.0 Å². The minimum Gasteiger partial charge on any atom is -0.497 e. The molecule has 0 aromatic heterocycles. The number of hydrogen-bond acceptors (Lipinski definition) is 5. The van der Waals surface area contributed by atoms with Crippen LogP contribution in [0.4, 0.5) is 0 Å². The molecule has 0 bridgehead atoms. The lowest BCUT2D eigenvalue weighted by atomic mass is 10.3. The van der Waals surface area contributed by atoms with Crippen molar-refractivity contribution in [2.75, 3.05) is 59.5 Å². The van der Waals surface area contributed by atoms with Gasteiger partial charge in [0, 0.05) is 57.8 Å². The van der Waals surface area contributed by atoms with E-state index in [4.69, 9.17) is 14.5 Å². The summed E-state index contributed by atoms with van der Waals surface area (Å²) in [5.74, 6) is 2.63. The summed E-state index contributed by atoms with van der Waals surface area (Å²) in [6.45, 7) is 12.1. The van der Waals surface area contributed by atoms with Gasteiger partial charge in [-0.1, -0.05) is 6.07 Å². The molecule has 0 aliphatic carbocycles. The van der Waals surface area contributed by atoms with E-state index in [0.717, 1.165) is 56.6 Å². The first-order valence-corrected chi connectivity index (χ1v) is 10.8. The number of piperazine rings is 1. The van der Waals surface area contributed by atoms with Crippen LogP contribution in [-0.2, 0) is 4.79 Å². The van der Waals surface area contributed by atoms with Crippen molar-refractivity contribution < 1.29 is 14.3 Å². The van der Waals surface area contributed by atoms with E-state index >= 15 is 0 Å². The van der Waals surface area contributed by atoms with Gasteiger partial charge in [-0.2, -0.15) is 0 Å². The monoisotopic (exact) mass is 547 g/mol. The minimum absolute atomic E-state index is 0. The Morgan fingerprint density at radius 1 is 1.19 bits per heavy atom. The van der Waals surface area contributed by atoms with E-state index in [0.29, 0.717) is 19.7 Å². The van der Waals surface area contributed by atoms with Crippen LogP contribution in [0.1, 0.15) is 27.2 Å². The number of aliphatic imine (C=N–C) groups is 1. The average molecular weight is 547 g/mol. The summed E-state index contributed by atoms with van der Waals surface area (Å²) in [6.07, 6.45) is 0.835. The molecule has 1 aromatic carbocycles. The van der Waals surface area contributed by atoms with Crippen molar-refractivity contribution in [2.24, 2.45) is 4.99 Å². The highest BCUT2D eigenvalue weighted by molar-refractivity contribution is 14.0. The zero-order valence-corrected chi connectivity index (χ0v) is 21.6. The van der Waals surface area contributed by atoms with E-state index in [-0.39, 0.29) is 35.9 Å². The summed E-state index contributed by atoms with van der Waals surface area (Å²) < 4.78 is 11.0. The predicted molar refractivity (Wildman–Crippen MR) is 136 cm³/mol. The molecule has 8 nitrogen and oxygen atoms in total. The maximum Gasteiger partial charge on any atom is 0.234 e. The second-order valence-electron chi connectivity index (χ2n) is 7.60. The van der Waals surface area contributed by atoms with Crippen LogP contribution in [0, 0.1) is 0 Å². The highest BCUT2D eigenvalue weighted by atomic mass is 127. The molecule has 0 radical (unpaired) electrons. The first-order chi connectivity index (χ1) is 14.5. The first kappa shape index (κ1) is 27.3.